The van der Waals surface area contributed by atoms with Crippen LogP contribution in [0.25, 0.3) is 46.9 Å². The maximum atomic E-state index is 13.9. The van der Waals surface area contributed by atoms with E-state index in [0.29, 0.717) is 120 Å². The minimum absolute atomic E-state index is 0.0482. The van der Waals surface area contributed by atoms with Crippen molar-refractivity contribution >= 4 is 96.2 Å². The number of piperazine rings is 3. The number of carbonyl (C=O) groups excluding carboxylic acids is 3. The second kappa shape index (κ2) is 41.3. The Morgan fingerprint density at radius 3 is 1.21 bits per heavy atom. The van der Waals surface area contributed by atoms with E-state index < -0.39 is 53.3 Å². The summed E-state index contributed by atoms with van der Waals surface area (Å²) in [6, 6.07) is 38.9. The molecule has 136 heavy (non-hydrogen) atoms. The Hall–Kier alpha value is -12.4. The number of hydrogen-bond donors (Lipinski definition) is 0. The number of rotatable bonds is 23. The number of likely N-dealkylation sites (tertiary alicyclic amines) is 3. The van der Waals surface area contributed by atoms with Crippen LogP contribution in [-0.4, -0.2) is 269 Å². The third-order valence-electron chi connectivity index (χ3n) is 29.7. The third-order valence-corrected chi connectivity index (χ3v) is 30.0. The minimum Gasteiger partial charge on any atom is -0.462 e. The van der Waals surface area contributed by atoms with Crippen LogP contribution in [0.5, 0.6) is 18.0 Å². The molecule has 1 aliphatic carbocycles. The minimum atomic E-state index is -1.01. The van der Waals surface area contributed by atoms with Gasteiger partial charge in [-0.15, -0.1) is 0 Å². The van der Waals surface area contributed by atoms with Crippen LogP contribution in [0.3, 0.4) is 0 Å². The van der Waals surface area contributed by atoms with Crippen LogP contribution in [0.15, 0.2) is 146 Å². The van der Waals surface area contributed by atoms with Crippen LogP contribution >= 0.6 is 11.6 Å². The first-order valence-corrected chi connectivity index (χ1v) is 48.5. The lowest BCUT2D eigenvalue weighted by Gasteiger charge is -2.49. The predicted molar refractivity (Wildman–Crippen MR) is 529 cm³/mol. The number of nitrogens with zero attached hydrogens (tertiary/aromatic N) is 21. The van der Waals surface area contributed by atoms with Crippen molar-refractivity contribution in [3.8, 4) is 18.0 Å². The molecule has 10 aliphatic rings. The van der Waals surface area contributed by atoms with Gasteiger partial charge in [0, 0.05) is 165 Å². The standard InChI is InChI=1S/C36H42FN7O2.C35H42FN7O2.C34H39ClFN7O2/c1-24-8-6-9-26-10-7-13-32(33(24)26)41-16-15-30-31(22-41)39-36(46-23-28-14-17-43(28)27-11-4-5-12-27)40-34(30)42-18-19-44(35(45)25(2)37)29(21-42)20-38-3;1-6-35(15-9-16-40(35)5)23-45-34-38-29-22-41(30-13-8-12-26-11-7-10-24(2)31(26)30)17-14-28(29)32(39-34)42-18-19-43(33(44)25(3)36)27(21-42)20-37-4;1-22(36)32(44)42-17-16-41(19-25(42)18-37-5)31-26-13-14-40(29-11-7-9-23-8-6-10-27(35)30(23)29)20-28(26)38-33(39-31)45-21-24-12-15-43(24)34(2,3)4/h6-10,13,27-29H,2,4-5,11-12,14-23H2,1H3;7-8,10-13,27H,3,6,9,14-23H2,1-2,5H3;6-11,24-25H,1,12-21H2,2-4H3/t28?,29-;27-,35?;24?,25-/m000/s1. The number of amides is 3. The van der Waals surface area contributed by atoms with E-state index in [1.165, 1.54) is 84.4 Å². The fraction of sp³-hybridized carbons (Fsp3) is 0.486. The normalized spacial score (nSPS) is 21.4. The molecule has 7 fully saturated rings. The van der Waals surface area contributed by atoms with Crippen LogP contribution in [0, 0.1) is 33.6 Å². The summed E-state index contributed by atoms with van der Waals surface area (Å²) >= 11 is 6.70. The first-order chi connectivity index (χ1) is 65.7. The number of benzene rings is 6. The summed E-state index contributed by atoms with van der Waals surface area (Å²) in [5, 5.41) is 7.74. The number of ether oxygens (including phenoxy) is 3. The molecule has 9 aromatic rings. The number of halogens is 4. The van der Waals surface area contributed by atoms with Crippen molar-refractivity contribution in [3.05, 3.63) is 231 Å². The van der Waals surface area contributed by atoms with Gasteiger partial charge in [-0.1, -0.05) is 136 Å². The molecular weight excluding hydrogens is 1740 g/mol. The number of fused-ring (bicyclic) bond motifs is 6. The van der Waals surface area contributed by atoms with Gasteiger partial charge in [-0.2, -0.15) is 29.9 Å². The number of aryl methyl sites for hydroxylation is 2. The second-order valence-corrected chi connectivity index (χ2v) is 39.2. The predicted octanol–water partition coefficient (Wildman–Crippen LogP) is 16.0. The summed E-state index contributed by atoms with van der Waals surface area (Å²) in [5.41, 5.74) is 11.8. The summed E-state index contributed by atoms with van der Waals surface area (Å²) in [6.45, 7) is 57.7. The van der Waals surface area contributed by atoms with E-state index in [1.807, 2.05) is 18.2 Å². The highest BCUT2D eigenvalue weighted by molar-refractivity contribution is 6.36. The zero-order chi connectivity index (χ0) is 95.4. The van der Waals surface area contributed by atoms with Gasteiger partial charge >= 0.3 is 18.0 Å². The third kappa shape index (κ3) is 20.0. The van der Waals surface area contributed by atoms with E-state index >= 15 is 0 Å². The number of aromatic nitrogens is 6. The van der Waals surface area contributed by atoms with Crippen LogP contribution < -0.4 is 43.6 Å². The number of hydrogen-bond acceptors (Lipinski definition) is 21. The quantitative estimate of drug-likeness (QED) is 0.0431. The Labute approximate surface area is 801 Å². The summed E-state index contributed by atoms with van der Waals surface area (Å²) < 4.78 is 60.8. The highest BCUT2D eigenvalue weighted by Crippen LogP contribution is 2.44. The maximum Gasteiger partial charge on any atom is 0.318 e. The van der Waals surface area contributed by atoms with E-state index in [1.54, 1.807) is 0 Å². The smallest absolute Gasteiger partial charge is 0.318 e. The topological polar surface area (TPSA) is 208 Å². The highest BCUT2D eigenvalue weighted by atomic mass is 35.5. The van der Waals surface area contributed by atoms with E-state index in [2.05, 4.69) is 218 Å². The molecule has 712 valence electrons. The first kappa shape index (κ1) is 95.3. The molecule has 6 atom stereocenters. The van der Waals surface area contributed by atoms with Gasteiger partial charge < -0.3 is 72.8 Å². The number of carbonyl (C=O) groups is 3. The van der Waals surface area contributed by atoms with Gasteiger partial charge in [0.2, 0.25) is 19.6 Å². The summed E-state index contributed by atoms with van der Waals surface area (Å²) in [5.74, 6) is -2.91. The van der Waals surface area contributed by atoms with E-state index in [9.17, 15) is 27.6 Å². The van der Waals surface area contributed by atoms with Crippen LogP contribution in [0.2, 0.25) is 5.02 Å². The van der Waals surface area contributed by atoms with Crippen LogP contribution in [0.4, 0.5) is 47.7 Å². The summed E-state index contributed by atoms with van der Waals surface area (Å²) in [7, 11) is 2.16. The molecule has 31 heteroatoms. The molecular formula is C105H123ClF3N21O6. The lowest BCUT2D eigenvalue weighted by molar-refractivity contribution is -0.131. The van der Waals surface area contributed by atoms with Crippen molar-refractivity contribution in [1.82, 2.24) is 59.3 Å². The Balaban J connectivity index is 0.000000142. The fourth-order valence-electron chi connectivity index (χ4n) is 22.2. The van der Waals surface area contributed by atoms with Gasteiger partial charge in [0.1, 0.15) is 55.4 Å². The van der Waals surface area contributed by atoms with Crippen LogP contribution in [0.1, 0.15) is 130 Å². The van der Waals surface area contributed by atoms with E-state index in [0.717, 1.165) is 152 Å². The van der Waals surface area contributed by atoms with E-state index in [-0.39, 0.29) is 56.4 Å². The Morgan fingerprint density at radius 2 is 0.846 bits per heavy atom. The molecule has 0 spiro atoms. The zero-order valence-electron chi connectivity index (χ0n) is 79.3. The number of likely N-dealkylation sites (N-methyl/N-ethyl adjacent to an activating group) is 1. The van der Waals surface area contributed by atoms with Crippen molar-refractivity contribution in [2.45, 2.75) is 186 Å². The monoisotopic (exact) mass is 1870 g/mol. The van der Waals surface area contributed by atoms with Crippen LogP contribution in [-0.2, 0) is 53.3 Å². The fourth-order valence-corrected chi connectivity index (χ4v) is 22.5. The molecule has 3 unspecified atom stereocenters. The van der Waals surface area contributed by atoms with Crippen molar-refractivity contribution in [2.75, 3.05) is 174 Å². The van der Waals surface area contributed by atoms with Gasteiger partial charge in [0.25, 0.3) is 17.7 Å². The molecule has 0 radical (unpaired) electrons. The maximum absolute atomic E-state index is 13.9. The van der Waals surface area contributed by atoms with Crippen molar-refractivity contribution in [3.63, 3.8) is 0 Å². The lowest BCUT2D eigenvalue weighted by Crippen LogP contribution is -2.59. The molecule has 9 aliphatic heterocycles. The summed E-state index contributed by atoms with van der Waals surface area (Å²) in [4.78, 5) is 104. The van der Waals surface area contributed by atoms with Crippen molar-refractivity contribution < 1.29 is 41.8 Å². The number of anilines is 6. The summed E-state index contributed by atoms with van der Waals surface area (Å²) in [6.07, 6.45) is 12.7. The Bertz CT molecular complexity index is 6160. The van der Waals surface area contributed by atoms with Gasteiger partial charge in [0.05, 0.1) is 47.3 Å². The molecule has 27 nitrogen and oxygen atoms in total. The van der Waals surface area contributed by atoms with E-state index in [4.69, 9.17) is 75.4 Å². The molecule has 0 N–H and O–H groups in total. The molecule has 6 saturated heterocycles. The average molecular weight is 1870 g/mol. The Morgan fingerprint density at radius 1 is 0.463 bits per heavy atom. The SMILES string of the molecule is [C-]#[N+]C[C@H]1CN(c2nc(OCC3(CC)CCCN3C)nc3c2CCN(c2cccc4cccc(C)c24)C3)CCN1C(=O)C(=C)F.[C-]#[N+]C[C@H]1CN(c2nc(OCC3CCN3C(C)(C)C)nc3c2CCN(c2cccc4cccc(Cl)c24)C3)CCN1C(=O)C(=C)F.[C-]#[N+]C[C@H]1CN(c2nc(OCC3CCN3C3CCCC3)nc3c2CCN(c2cccc4cccc(C)c24)C3)CCN1C(=O)C(=C)F. The molecule has 6 aromatic carbocycles. The largest absolute Gasteiger partial charge is 0.462 e. The molecule has 0 bridgehead atoms. The van der Waals surface area contributed by atoms with Gasteiger partial charge in [-0.05, 0) is 164 Å². The zero-order valence-corrected chi connectivity index (χ0v) is 80.0. The lowest BCUT2D eigenvalue weighted by atomic mass is 9.94. The highest BCUT2D eigenvalue weighted by Gasteiger charge is 2.45. The molecule has 12 heterocycles. The Kier molecular flexibility index (Phi) is 28.9. The molecule has 19 rings (SSSR count). The van der Waals surface area contributed by atoms with Gasteiger partial charge in [-0.3, -0.25) is 29.1 Å². The average Bonchev–Trinajstić information content (AvgIpc) is 0.766. The van der Waals surface area contributed by atoms with Gasteiger partial charge in [-0.25, -0.2) is 32.9 Å². The molecule has 3 aromatic heterocycles. The van der Waals surface area contributed by atoms with Crippen molar-refractivity contribution in [1.29, 1.82) is 0 Å². The van der Waals surface area contributed by atoms with Crippen molar-refractivity contribution in [2.24, 2.45) is 0 Å². The van der Waals surface area contributed by atoms with Gasteiger partial charge in [0.15, 0.2) is 17.5 Å². The molecule has 3 amide bonds. The molecule has 1 saturated carbocycles. The second-order valence-electron chi connectivity index (χ2n) is 38.8. The first-order valence-electron chi connectivity index (χ1n) is 48.1.